The highest BCUT2D eigenvalue weighted by molar-refractivity contribution is 5.68. The molecule has 21 heavy (non-hydrogen) atoms. The molecule has 0 atom stereocenters. The summed E-state index contributed by atoms with van der Waals surface area (Å²) < 4.78 is 0. The summed E-state index contributed by atoms with van der Waals surface area (Å²) in [5, 5.41) is 0. The molecule has 0 N–H and O–H groups in total. The molecule has 2 aromatic rings. The average molecular weight is 272 g/mol. The number of hydrogen-bond acceptors (Lipinski definition) is 0. The van der Waals surface area contributed by atoms with Crippen LogP contribution in [0.3, 0.4) is 0 Å². The highest BCUT2D eigenvalue weighted by Gasteiger charge is 2.17. The average Bonchev–Trinajstić information content (AvgIpc) is 3.01. The zero-order valence-electron chi connectivity index (χ0n) is 12.7. The van der Waals surface area contributed by atoms with Gasteiger partial charge in [-0.15, -0.1) is 0 Å². The molecule has 4 rings (SSSR count). The lowest BCUT2D eigenvalue weighted by molar-refractivity contribution is 1.03. The quantitative estimate of drug-likeness (QED) is 0.710. The number of hydrogen-bond donors (Lipinski definition) is 0. The molecule has 0 saturated heterocycles. The Hall–Kier alpha value is -2.08. The maximum atomic E-state index is 2.40. The Morgan fingerprint density at radius 1 is 0.905 bits per heavy atom. The normalized spacial score (nSPS) is 15.5. The van der Waals surface area contributed by atoms with E-state index in [2.05, 4.69) is 62.4 Å². The molecule has 0 amide bonds. The van der Waals surface area contributed by atoms with Gasteiger partial charge in [0.15, 0.2) is 0 Å². The molecule has 0 spiro atoms. The standard InChI is InChI=1S/C21H20/c1-14-6-7-17-11-16(13-20(17)8-14)12-19-5-3-4-18-9-15(2)10-21(18)19/h3-9,13H,10-12H2,1-2H3. The van der Waals surface area contributed by atoms with Crippen molar-refractivity contribution >= 4 is 12.2 Å². The Labute approximate surface area is 126 Å². The van der Waals surface area contributed by atoms with Gasteiger partial charge in [0.2, 0.25) is 0 Å². The van der Waals surface area contributed by atoms with Gasteiger partial charge in [-0.25, -0.2) is 0 Å². The maximum absolute atomic E-state index is 2.40. The van der Waals surface area contributed by atoms with Crippen LogP contribution >= 0.6 is 0 Å². The summed E-state index contributed by atoms with van der Waals surface area (Å²) in [5.41, 5.74) is 11.8. The molecule has 0 fully saturated rings. The third-order valence-corrected chi connectivity index (χ3v) is 4.66. The third-order valence-electron chi connectivity index (χ3n) is 4.66. The second-order valence-corrected chi connectivity index (χ2v) is 6.51. The molecular formula is C21H20. The van der Waals surface area contributed by atoms with E-state index >= 15 is 0 Å². The molecule has 0 nitrogen and oxygen atoms in total. The molecule has 0 heteroatoms. The van der Waals surface area contributed by atoms with Gasteiger partial charge in [0.25, 0.3) is 0 Å². The van der Waals surface area contributed by atoms with Crippen LogP contribution in [0.1, 0.15) is 40.3 Å². The van der Waals surface area contributed by atoms with Crippen LogP contribution in [-0.2, 0) is 19.3 Å². The first-order valence-electron chi connectivity index (χ1n) is 7.76. The van der Waals surface area contributed by atoms with E-state index in [1.807, 2.05) is 0 Å². The van der Waals surface area contributed by atoms with Crippen LogP contribution in [0.2, 0.25) is 0 Å². The molecule has 0 heterocycles. The molecule has 0 aromatic heterocycles. The minimum Gasteiger partial charge on any atom is -0.0683 e. The minimum atomic E-state index is 1.10. The van der Waals surface area contributed by atoms with E-state index in [1.54, 1.807) is 11.1 Å². The van der Waals surface area contributed by atoms with Gasteiger partial charge in [-0.1, -0.05) is 65.3 Å². The van der Waals surface area contributed by atoms with E-state index in [1.165, 1.54) is 33.4 Å². The summed E-state index contributed by atoms with van der Waals surface area (Å²) in [6.45, 7) is 4.40. The monoisotopic (exact) mass is 272 g/mol. The van der Waals surface area contributed by atoms with Gasteiger partial charge in [-0.2, -0.15) is 0 Å². The van der Waals surface area contributed by atoms with Gasteiger partial charge in [-0.3, -0.25) is 0 Å². The minimum absolute atomic E-state index is 1.10. The van der Waals surface area contributed by atoms with Crippen molar-refractivity contribution in [3.8, 4) is 0 Å². The van der Waals surface area contributed by atoms with Crippen molar-refractivity contribution in [2.24, 2.45) is 0 Å². The molecule has 104 valence electrons. The summed E-state index contributed by atoms with van der Waals surface area (Å²) in [4.78, 5) is 0. The molecule has 0 radical (unpaired) electrons. The molecule has 0 unspecified atom stereocenters. The van der Waals surface area contributed by atoms with Crippen LogP contribution in [-0.4, -0.2) is 0 Å². The fourth-order valence-corrected chi connectivity index (χ4v) is 3.65. The van der Waals surface area contributed by atoms with Gasteiger partial charge in [0.05, 0.1) is 0 Å². The Morgan fingerprint density at radius 2 is 1.81 bits per heavy atom. The number of benzene rings is 2. The topological polar surface area (TPSA) is 0 Å². The van der Waals surface area contributed by atoms with Crippen LogP contribution in [0.15, 0.2) is 47.5 Å². The van der Waals surface area contributed by atoms with E-state index in [0.29, 0.717) is 0 Å². The van der Waals surface area contributed by atoms with E-state index in [-0.39, 0.29) is 0 Å². The molecular weight excluding hydrogens is 252 g/mol. The smallest absolute Gasteiger partial charge is 0.00545 e. The lowest BCUT2D eigenvalue weighted by Crippen LogP contribution is -1.97. The van der Waals surface area contributed by atoms with E-state index in [4.69, 9.17) is 0 Å². The fraction of sp³-hybridized carbons (Fsp3) is 0.238. The summed E-state index contributed by atoms with van der Waals surface area (Å²) in [5.74, 6) is 0. The lowest BCUT2D eigenvalue weighted by Gasteiger charge is -2.09. The Balaban J connectivity index is 1.63. The van der Waals surface area contributed by atoms with Crippen LogP contribution in [0.25, 0.3) is 12.2 Å². The van der Waals surface area contributed by atoms with E-state index < -0.39 is 0 Å². The van der Waals surface area contributed by atoms with Crippen LogP contribution in [0.4, 0.5) is 0 Å². The number of aryl methyl sites for hydroxylation is 1. The number of rotatable bonds is 2. The number of allylic oxidation sites excluding steroid dienone is 2. The van der Waals surface area contributed by atoms with Crippen LogP contribution in [0, 0.1) is 6.92 Å². The van der Waals surface area contributed by atoms with Crippen LogP contribution in [0.5, 0.6) is 0 Å². The van der Waals surface area contributed by atoms with Crippen molar-refractivity contribution in [1.29, 1.82) is 0 Å². The molecule has 2 aromatic carbocycles. The van der Waals surface area contributed by atoms with Gasteiger partial charge in [0, 0.05) is 0 Å². The molecule has 0 saturated carbocycles. The zero-order valence-corrected chi connectivity index (χ0v) is 12.7. The SMILES string of the molecule is CC1=Cc2cccc(CC3=Cc4cc(C)ccc4C3)c2C1. The lowest BCUT2D eigenvalue weighted by atomic mass is 9.95. The van der Waals surface area contributed by atoms with Crippen molar-refractivity contribution in [1.82, 2.24) is 0 Å². The van der Waals surface area contributed by atoms with Crippen molar-refractivity contribution in [3.63, 3.8) is 0 Å². The first-order chi connectivity index (χ1) is 10.2. The highest BCUT2D eigenvalue weighted by Crippen LogP contribution is 2.32. The predicted molar refractivity (Wildman–Crippen MR) is 90.4 cm³/mol. The summed E-state index contributed by atoms with van der Waals surface area (Å²) in [7, 11) is 0. The second kappa shape index (κ2) is 4.73. The van der Waals surface area contributed by atoms with Crippen molar-refractivity contribution < 1.29 is 0 Å². The molecule has 0 aliphatic heterocycles. The predicted octanol–water partition coefficient (Wildman–Crippen LogP) is 5.14. The maximum Gasteiger partial charge on any atom is -0.00545 e. The summed E-state index contributed by atoms with van der Waals surface area (Å²) >= 11 is 0. The van der Waals surface area contributed by atoms with E-state index in [9.17, 15) is 0 Å². The fourth-order valence-electron chi connectivity index (χ4n) is 3.65. The third kappa shape index (κ3) is 2.25. The molecule has 0 bridgehead atoms. The summed E-state index contributed by atoms with van der Waals surface area (Å²) in [6.07, 6.45) is 8.07. The molecule has 2 aliphatic carbocycles. The second-order valence-electron chi connectivity index (χ2n) is 6.51. The van der Waals surface area contributed by atoms with E-state index in [0.717, 1.165) is 19.3 Å². The summed E-state index contributed by atoms with van der Waals surface area (Å²) in [6, 6.07) is 13.6. The van der Waals surface area contributed by atoms with Crippen molar-refractivity contribution in [2.45, 2.75) is 33.1 Å². The van der Waals surface area contributed by atoms with Crippen molar-refractivity contribution in [3.05, 3.63) is 80.9 Å². The first kappa shape index (κ1) is 12.6. The highest BCUT2D eigenvalue weighted by atomic mass is 14.2. The number of fused-ring (bicyclic) bond motifs is 2. The first-order valence-corrected chi connectivity index (χ1v) is 7.76. The Morgan fingerprint density at radius 3 is 2.71 bits per heavy atom. The van der Waals surface area contributed by atoms with Gasteiger partial charge < -0.3 is 0 Å². The van der Waals surface area contributed by atoms with Crippen molar-refractivity contribution in [2.75, 3.05) is 0 Å². The zero-order chi connectivity index (χ0) is 14.4. The van der Waals surface area contributed by atoms with Gasteiger partial charge >= 0.3 is 0 Å². The van der Waals surface area contributed by atoms with Crippen LogP contribution < -0.4 is 0 Å². The molecule has 2 aliphatic rings. The Kier molecular flexibility index (Phi) is 2.85. The van der Waals surface area contributed by atoms with Gasteiger partial charge in [-0.05, 0) is 60.9 Å². The largest absolute Gasteiger partial charge is 0.0683 e. The van der Waals surface area contributed by atoms with Gasteiger partial charge in [0.1, 0.15) is 0 Å². The Bertz CT molecular complexity index is 788.